The molecule has 2 heterocycles. The van der Waals surface area contributed by atoms with Crippen molar-refractivity contribution in [2.45, 2.75) is 87.6 Å². The van der Waals surface area contributed by atoms with Gasteiger partial charge in [-0.05, 0) is 70.7 Å². The lowest BCUT2D eigenvalue weighted by Crippen LogP contribution is -2.82. The molecule has 30 heavy (non-hydrogen) atoms. The fourth-order valence-corrected chi connectivity index (χ4v) is 9.09. The Labute approximate surface area is 179 Å². The van der Waals surface area contributed by atoms with Gasteiger partial charge in [-0.3, -0.25) is 0 Å². The highest BCUT2D eigenvalue weighted by atomic mass is 16.6. The zero-order valence-corrected chi connectivity index (χ0v) is 18.7. The summed E-state index contributed by atoms with van der Waals surface area (Å²) in [6, 6.07) is 4.37. The number of hydrogen-bond acceptors (Lipinski definition) is 5. The van der Waals surface area contributed by atoms with Crippen molar-refractivity contribution in [3.8, 4) is 11.5 Å². The molecular formula is C25H35NO4. The highest BCUT2D eigenvalue weighted by molar-refractivity contribution is 5.63. The summed E-state index contributed by atoms with van der Waals surface area (Å²) < 4.78 is 13.2. The van der Waals surface area contributed by atoms with Gasteiger partial charge in [0.05, 0.1) is 5.60 Å². The number of methoxy groups -OCH3 is 1. The average molecular weight is 414 g/mol. The van der Waals surface area contributed by atoms with Gasteiger partial charge in [0.1, 0.15) is 11.7 Å². The van der Waals surface area contributed by atoms with Crippen molar-refractivity contribution in [2.75, 3.05) is 20.7 Å². The predicted octanol–water partition coefficient (Wildman–Crippen LogP) is 3.39. The Kier molecular flexibility index (Phi) is 3.70. The zero-order chi connectivity index (χ0) is 21.1. The number of fused-ring (bicyclic) bond motifs is 2. The molecular weight excluding hydrogens is 378 g/mol. The molecule has 4 aliphatic carbocycles. The van der Waals surface area contributed by atoms with E-state index in [1.54, 1.807) is 0 Å². The normalized spacial score (nSPS) is 45.0. The monoisotopic (exact) mass is 413 g/mol. The first-order chi connectivity index (χ1) is 14.3. The van der Waals surface area contributed by atoms with E-state index < -0.39 is 11.2 Å². The van der Waals surface area contributed by atoms with E-state index in [4.69, 9.17) is 9.47 Å². The Morgan fingerprint density at radius 2 is 2.10 bits per heavy atom. The van der Waals surface area contributed by atoms with Crippen molar-refractivity contribution in [1.29, 1.82) is 0 Å². The fraction of sp³-hybridized carbons (Fsp3) is 0.760. The molecule has 3 saturated carbocycles. The molecule has 1 aromatic rings. The molecule has 7 rings (SSSR count). The van der Waals surface area contributed by atoms with Crippen LogP contribution in [-0.4, -0.2) is 59.2 Å². The number of rotatable bonds is 4. The maximum atomic E-state index is 11.7. The predicted molar refractivity (Wildman–Crippen MR) is 114 cm³/mol. The van der Waals surface area contributed by atoms with E-state index in [1.165, 1.54) is 11.1 Å². The van der Waals surface area contributed by atoms with E-state index in [2.05, 4.69) is 24.9 Å². The van der Waals surface area contributed by atoms with Gasteiger partial charge in [-0.2, -0.15) is 0 Å². The first-order valence-electron chi connectivity index (χ1n) is 11.8. The van der Waals surface area contributed by atoms with Crippen molar-refractivity contribution in [2.24, 2.45) is 11.3 Å². The van der Waals surface area contributed by atoms with E-state index >= 15 is 0 Å². The molecule has 2 N–H and O–H groups in total. The number of phenolic OH excluding ortho intramolecular Hbond substituents is 1. The Balaban J connectivity index is 1.64. The van der Waals surface area contributed by atoms with Crippen LogP contribution in [0.25, 0.3) is 0 Å². The van der Waals surface area contributed by atoms with E-state index in [1.807, 2.05) is 20.1 Å². The highest BCUT2D eigenvalue weighted by Crippen LogP contribution is 2.77. The fourth-order valence-electron chi connectivity index (χ4n) is 9.09. The van der Waals surface area contributed by atoms with Crippen LogP contribution in [0.2, 0.25) is 0 Å². The molecule has 164 valence electrons. The minimum Gasteiger partial charge on any atom is -0.504 e. The van der Waals surface area contributed by atoms with E-state index in [-0.39, 0.29) is 28.6 Å². The summed E-state index contributed by atoms with van der Waals surface area (Å²) in [5, 5.41) is 22.5. The number of ether oxygens (including phenoxy) is 2. The lowest BCUT2D eigenvalue weighted by Gasteiger charge is -2.74. The number of likely N-dealkylation sites (N-methyl/N-ethyl adjacent to an activating group) is 1. The summed E-state index contributed by atoms with van der Waals surface area (Å²) in [7, 11) is 4.09. The summed E-state index contributed by atoms with van der Waals surface area (Å²) in [6.45, 7) is 5.19. The van der Waals surface area contributed by atoms with Crippen LogP contribution >= 0.6 is 0 Å². The van der Waals surface area contributed by atoms with Crippen molar-refractivity contribution < 1.29 is 19.7 Å². The quantitative estimate of drug-likeness (QED) is 0.792. The highest BCUT2D eigenvalue weighted by Gasteiger charge is 2.81. The second kappa shape index (κ2) is 5.73. The molecule has 2 spiro atoms. The zero-order valence-electron chi connectivity index (χ0n) is 18.7. The maximum Gasteiger partial charge on any atom is 0.165 e. The second-order valence-corrected chi connectivity index (χ2v) is 11.0. The average Bonchev–Trinajstić information content (AvgIpc) is 3.09. The third-order valence-corrected chi connectivity index (χ3v) is 10.1. The summed E-state index contributed by atoms with van der Waals surface area (Å²) in [5.74, 6) is 0.977. The standard InChI is InChI=1S/C25H35NO4/c1-5-8-22(2,28)17-14-23-9-10-25(17,29-4)21-24(23)11-12-26(3)18(23)13-15-6-7-16(27)20(30-21)19(15)24/h6-7,17-18,21,27-28H,5,8-14H2,1-4H3/t17-,18-,21-,22-,23?,24+,25?/m1/s1. The lowest BCUT2D eigenvalue weighted by atomic mass is 9.33. The number of likely N-dealkylation sites (tertiary alicyclic amines) is 1. The van der Waals surface area contributed by atoms with Crippen molar-refractivity contribution in [1.82, 2.24) is 4.90 Å². The van der Waals surface area contributed by atoms with Gasteiger partial charge in [0, 0.05) is 35.5 Å². The van der Waals surface area contributed by atoms with Gasteiger partial charge in [0.15, 0.2) is 11.5 Å². The van der Waals surface area contributed by atoms with Gasteiger partial charge in [-0.25, -0.2) is 0 Å². The van der Waals surface area contributed by atoms with E-state index in [9.17, 15) is 10.2 Å². The number of hydrogen-bond donors (Lipinski definition) is 2. The number of aliphatic hydroxyl groups is 1. The van der Waals surface area contributed by atoms with E-state index in [0.29, 0.717) is 11.8 Å². The van der Waals surface area contributed by atoms with Crippen LogP contribution in [0.3, 0.4) is 0 Å². The summed E-state index contributed by atoms with van der Waals surface area (Å²) in [5.41, 5.74) is 1.21. The van der Waals surface area contributed by atoms with Crippen molar-refractivity contribution in [3.63, 3.8) is 0 Å². The van der Waals surface area contributed by atoms with Crippen LogP contribution in [0, 0.1) is 11.3 Å². The van der Waals surface area contributed by atoms with E-state index in [0.717, 1.165) is 51.5 Å². The molecule has 5 nitrogen and oxygen atoms in total. The molecule has 1 aromatic carbocycles. The Hall–Kier alpha value is -1.30. The van der Waals surface area contributed by atoms with Crippen molar-refractivity contribution >= 4 is 0 Å². The molecule has 4 bridgehead atoms. The van der Waals surface area contributed by atoms with Crippen LogP contribution in [-0.2, 0) is 16.6 Å². The minimum atomic E-state index is -0.798. The third-order valence-electron chi connectivity index (χ3n) is 10.1. The SMILES string of the molecule is CCC[C@@](C)(O)[C@H]1CC23CCC1(OC)[C@@H]1Oc4c(O)ccc5c4[C@@]12CCN(C)[C@@H]3C5. The van der Waals surface area contributed by atoms with Gasteiger partial charge < -0.3 is 24.6 Å². The first-order valence-corrected chi connectivity index (χ1v) is 11.8. The Morgan fingerprint density at radius 3 is 2.83 bits per heavy atom. The Bertz CT molecular complexity index is 915. The number of nitrogens with zero attached hydrogens (tertiary/aromatic N) is 1. The smallest absolute Gasteiger partial charge is 0.165 e. The van der Waals surface area contributed by atoms with Crippen LogP contribution in [0.1, 0.15) is 63.5 Å². The Morgan fingerprint density at radius 1 is 1.30 bits per heavy atom. The molecule has 4 fully saturated rings. The third kappa shape index (κ3) is 1.85. The summed E-state index contributed by atoms with van der Waals surface area (Å²) in [6.07, 6.45) is 6.57. The van der Waals surface area contributed by atoms with Gasteiger partial charge >= 0.3 is 0 Å². The van der Waals surface area contributed by atoms with Crippen molar-refractivity contribution in [3.05, 3.63) is 23.3 Å². The second-order valence-electron chi connectivity index (χ2n) is 11.0. The number of piperidine rings is 1. The topological polar surface area (TPSA) is 62.2 Å². The van der Waals surface area contributed by atoms with Gasteiger partial charge in [0.2, 0.25) is 0 Å². The van der Waals surface area contributed by atoms with Crippen LogP contribution in [0.5, 0.6) is 11.5 Å². The first kappa shape index (κ1) is 19.4. The van der Waals surface area contributed by atoms with Gasteiger partial charge in [-0.1, -0.05) is 19.4 Å². The summed E-state index contributed by atoms with van der Waals surface area (Å²) >= 11 is 0. The van der Waals surface area contributed by atoms with Crippen LogP contribution in [0.15, 0.2) is 12.1 Å². The molecule has 2 unspecified atom stereocenters. The lowest BCUT2D eigenvalue weighted by molar-refractivity contribution is -0.301. The molecule has 0 amide bonds. The molecule has 2 aliphatic heterocycles. The van der Waals surface area contributed by atoms with Crippen LogP contribution in [0.4, 0.5) is 0 Å². The molecule has 0 radical (unpaired) electrons. The van der Waals surface area contributed by atoms with Crippen LogP contribution < -0.4 is 4.74 Å². The maximum absolute atomic E-state index is 11.7. The molecule has 1 saturated heterocycles. The van der Waals surface area contributed by atoms with Gasteiger partial charge in [-0.15, -0.1) is 0 Å². The summed E-state index contributed by atoms with van der Waals surface area (Å²) in [4.78, 5) is 2.56. The van der Waals surface area contributed by atoms with Gasteiger partial charge in [0.25, 0.3) is 0 Å². The largest absolute Gasteiger partial charge is 0.504 e. The molecule has 7 atom stereocenters. The molecule has 6 aliphatic rings. The number of phenols is 1. The molecule has 0 aromatic heterocycles. The number of aromatic hydroxyl groups is 1. The molecule has 5 heteroatoms. The number of benzene rings is 1. The minimum absolute atomic E-state index is 0.0221.